The number of hydrogen-bond donors (Lipinski definition) is 0. The fourth-order valence-corrected chi connectivity index (χ4v) is 2.75. The van der Waals surface area contributed by atoms with Crippen LogP contribution in [0.15, 0.2) is 41.5 Å². The molecule has 5 nitrogen and oxygen atoms in total. The highest BCUT2D eigenvalue weighted by molar-refractivity contribution is 5.76. The van der Waals surface area contributed by atoms with Crippen LogP contribution in [0.3, 0.4) is 0 Å². The molecule has 1 fully saturated rings. The maximum atomic E-state index is 12.3. The van der Waals surface area contributed by atoms with E-state index in [1.54, 1.807) is 12.5 Å². The van der Waals surface area contributed by atoms with Gasteiger partial charge < -0.3 is 13.9 Å². The van der Waals surface area contributed by atoms with E-state index < -0.39 is 0 Å². The van der Waals surface area contributed by atoms with Crippen LogP contribution < -0.4 is 0 Å². The lowest BCUT2D eigenvalue weighted by molar-refractivity contribution is -0.132. The minimum atomic E-state index is 0.214. The molecule has 2 aromatic heterocycles. The second-order valence-corrected chi connectivity index (χ2v) is 5.23. The van der Waals surface area contributed by atoms with Crippen LogP contribution in [0, 0.1) is 0 Å². The van der Waals surface area contributed by atoms with Crippen molar-refractivity contribution in [2.75, 3.05) is 13.1 Å². The van der Waals surface area contributed by atoms with Crippen LogP contribution in [0.25, 0.3) is 0 Å². The number of aromatic nitrogens is 2. The largest absolute Gasteiger partial charge is 0.469 e. The first kappa shape index (κ1) is 13.0. The molecule has 0 aliphatic carbocycles. The van der Waals surface area contributed by atoms with Crippen molar-refractivity contribution in [3.63, 3.8) is 0 Å². The van der Waals surface area contributed by atoms with E-state index >= 15 is 0 Å². The zero-order valence-electron chi connectivity index (χ0n) is 11.4. The molecule has 0 saturated carbocycles. The second kappa shape index (κ2) is 5.94. The van der Waals surface area contributed by atoms with Crippen molar-refractivity contribution in [3.05, 3.63) is 42.9 Å². The molecule has 1 aliphatic rings. The van der Waals surface area contributed by atoms with E-state index in [4.69, 9.17) is 4.42 Å². The summed E-state index contributed by atoms with van der Waals surface area (Å²) < 4.78 is 7.37. The Hall–Kier alpha value is -2.04. The highest BCUT2D eigenvalue weighted by Crippen LogP contribution is 2.21. The third kappa shape index (κ3) is 2.92. The molecular weight excluding hydrogens is 254 g/mol. The number of nitrogens with zero attached hydrogens (tertiary/aromatic N) is 3. The number of piperidine rings is 1. The standard InChI is InChI=1S/C15H19N3O2/c19-15(6-5-14-4-2-10-20-14)17-8-1-3-13(11-17)18-9-7-16-12-18/h2,4,7,9-10,12-13H,1,3,5-6,8,11H2. The molecule has 1 saturated heterocycles. The summed E-state index contributed by atoms with van der Waals surface area (Å²) >= 11 is 0. The lowest BCUT2D eigenvalue weighted by atomic mass is 10.0. The van der Waals surface area contributed by atoms with Gasteiger partial charge in [-0.2, -0.15) is 0 Å². The van der Waals surface area contributed by atoms with E-state index in [1.807, 2.05) is 29.6 Å². The molecule has 0 aromatic carbocycles. The molecule has 0 N–H and O–H groups in total. The van der Waals surface area contributed by atoms with Gasteiger partial charge in [-0.15, -0.1) is 0 Å². The van der Waals surface area contributed by atoms with E-state index in [1.165, 1.54) is 0 Å². The molecule has 5 heteroatoms. The molecule has 0 bridgehead atoms. The zero-order valence-corrected chi connectivity index (χ0v) is 11.4. The molecule has 106 valence electrons. The van der Waals surface area contributed by atoms with Crippen molar-refractivity contribution in [2.24, 2.45) is 0 Å². The smallest absolute Gasteiger partial charge is 0.223 e. The number of amides is 1. The van der Waals surface area contributed by atoms with Crippen molar-refractivity contribution in [1.29, 1.82) is 0 Å². The minimum absolute atomic E-state index is 0.214. The Kier molecular flexibility index (Phi) is 3.85. The van der Waals surface area contributed by atoms with Gasteiger partial charge in [0, 0.05) is 38.3 Å². The Morgan fingerprint density at radius 3 is 3.20 bits per heavy atom. The van der Waals surface area contributed by atoms with Crippen LogP contribution in [0.2, 0.25) is 0 Å². The van der Waals surface area contributed by atoms with E-state index in [0.29, 0.717) is 18.9 Å². The van der Waals surface area contributed by atoms with Crippen LogP contribution in [0.5, 0.6) is 0 Å². The summed E-state index contributed by atoms with van der Waals surface area (Å²) in [6, 6.07) is 4.13. The quantitative estimate of drug-likeness (QED) is 0.858. The van der Waals surface area contributed by atoms with Crippen LogP contribution in [0.4, 0.5) is 0 Å². The van der Waals surface area contributed by atoms with Crippen LogP contribution >= 0.6 is 0 Å². The molecule has 20 heavy (non-hydrogen) atoms. The van der Waals surface area contributed by atoms with Gasteiger partial charge in [0.05, 0.1) is 18.6 Å². The summed E-state index contributed by atoms with van der Waals surface area (Å²) in [6.45, 7) is 1.65. The number of carbonyl (C=O) groups is 1. The molecule has 0 spiro atoms. The Bertz CT molecular complexity index is 533. The Morgan fingerprint density at radius 2 is 2.45 bits per heavy atom. The zero-order chi connectivity index (χ0) is 13.8. The number of aryl methyl sites for hydroxylation is 1. The molecule has 1 amide bonds. The predicted molar refractivity (Wildman–Crippen MR) is 74.1 cm³/mol. The summed E-state index contributed by atoms with van der Waals surface area (Å²) in [4.78, 5) is 18.3. The second-order valence-electron chi connectivity index (χ2n) is 5.23. The van der Waals surface area contributed by atoms with Gasteiger partial charge in [0.1, 0.15) is 5.76 Å². The lowest BCUT2D eigenvalue weighted by Gasteiger charge is -2.33. The topological polar surface area (TPSA) is 51.3 Å². The molecule has 1 aliphatic heterocycles. The fraction of sp³-hybridized carbons (Fsp3) is 0.467. The Labute approximate surface area is 118 Å². The number of carbonyl (C=O) groups excluding carboxylic acids is 1. The number of furan rings is 1. The highest BCUT2D eigenvalue weighted by atomic mass is 16.3. The third-order valence-corrected chi connectivity index (χ3v) is 3.86. The monoisotopic (exact) mass is 273 g/mol. The van der Waals surface area contributed by atoms with Crippen LogP contribution in [-0.4, -0.2) is 33.4 Å². The fourth-order valence-electron chi connectivity index (χ4n) is 2.75. The third-order valence-electron chi connectivity index (χ3n) is 3.86. The van der Waals surface area contributed by atoms with E-state index in [-0.39, 0.29) is 5.91 Å². The van der Waals surface area contributed by atoms with Gasteiger partial charge >= 0.3 is 0 Å². The first-order chi connectivity index (χ1) is 9.83. The van der Waals surface area contributed by atoms with Crippen molar-refractivity contribution in [1.82, 2.24) is 14.5 Å². The van der Waals surface area contributed by atoms with Gasteiger partial charge in [0.25, 0.3) is 0 Å². The number of likely N-dealkylation sites (tertiary alicyclic amines) is 1. The molecule has 1 atom stereocenters. The van der Waals surface area contributed by atoms with Crippen molar-refractivity contribution in [2.45, 2.75) is 31.7 Å². The summed E-state index contributed by atoms with van der Waals surface area (Å²) in [7, 11) is 0. The van der Waals surface area contributed by atoms with Crippen molar-refractivity contribution < 1.29 is 9.21 Å². The van der Waals surface area contributed by atoms with Gasteiger partial charge in [0.2, 0.25) is 5.91 Å². The normalized spacial score (nSPS) is 19.2. The summed E-state index contributed by atoms with van der Waals surface area (Å²) in [5.41, 5.74) is 0. The molecule has 0 radical (unpaired) electrons. The first-order valence-electron chi connectivity index (χ1n) is 7.10. The number of rotatable bonds is 4. The molecular formula is C15H19N3O2. The number of imidazole rings is 1. The average molecular weight is 273 g/mol. The van der Waals surface area contributed by atoms with E-state index in [9.17, 15) is 4.79 Å². The SMILES string of the molecule is O=C(CCc1ccco1)N1CCCC(n2ccnc2)C1. The molecule has 3 heterocycles. The highest BCUT2D eigenvalue weighted by Gasteiger charge is 2.24. The Balaban J connectivity index is 1.55. The summed E-state index contributed by atoms with van der Waals surface area (Å²) in [6.07, 6.45) is 10.6. The van der Waals surface area contributed by atoms with Gasteiger partial charge in [-0.3, -0.25) is 4.79 Å². The average Bonchev–Trinajstić information content (AvgIpc) is 3.18. The summed E-state index contributed by atoms with van der Waals surface area (Å²) in [5.74, 6) is 1.09. The van der Waals surface area contributed by atoms with E-state index in [2.05, 4.69) is 9.55 Å². The van der Waals surface area contributed by atoms with E-state index in [0.717, 1.165) is 31.7 Å². The first-order valence-corrected chi connectivity index (χ1v) is 7.10. The molecule has 3 rings (SSSR count). The summed E-state index contributed by atoms with van der Waals surface area (Å²) in [5, 5.41) is 0. The molecule has 2 aromatic rings. The van der Waals surface area contributed by atoms with Gasteiger partial charge in [-0.1, -0.05) is 0 Å². The Morgan fingerprint density at radius 1 is 1.50 bits per heavy atom. The van der Waals surface area contributed by atoms with Gasteiger partial charge in [-0.05, 0) is 25.0 Å². The van der Waals surface area contributed by atoms with Crippen LogP contribution in [0.1, 0.15) is 31.1 Å². The maximum absolute atomic E-state index is 12.3. The number of hydrogen-bond acceptors (Lipinski definition) is 3. The van der Waals surface area contributed by atoms with Crippen molar-refractivity contribution in [3.8, 4) is 0 Å². The maximum Gasteiger partial charge on any atom is 0.223 e. The molecule has 1 unspecified atom stereocenters. The van der Waals surface area contributed by atoms with Gasteiger partial charge in [0.15, 0.2) is 0 Å². The lowest BCUT2D eigenvalue weighted by Crippen LogP contribution is -2.40. The van der Waals surface area contributed by atoms with Crippen LogP contribution in [-0.2, 0) is 11.2 Å². The minimum Gasteiger partial charge on any atom is -0.469 e. The van der Waals surface area contributed by atoms with Crippen molar-refractivity contribution >= 4 is 5.91 Å². The van der Waals surface area contributed by atoms with Gasteiger partial charge in [-0.25, -0.2) is 4.98 Å². The predicted octanol–water partition coefficient (Wildman–Crippen LogP) is 2.27.